The molecule has 0 fully saturated rings. The summed E-state index contributed by atoms with van der Waals surface area (Å²) < 4.78 is 41.5. The van der Waals surface area contributed by atoms with Crippen LogP contribution in [0, 0.1) is 6.92 Å². The van der Waals surface area contributed by atoms with Gasteiger partial charge < -0.3 is 14.2 Å². The lowest BCUT2D eigenvalue weighted by atomic mass is 10.2. The van der Waals surface area contributed by atoms with Gasteiger partial charge in [0.25, 0.3) is 10.0 Å². The van der Waals surface area contributed by atoms with E-state index in [9.17, 15) is 13.2 Å². The summed E-state index contributed by atoms with van der Waals surface area (Å²) in [5.41, 5.74) is 1.04. The first-order chi connectivity index (χ1) is 13.3. The number of para-hydroxylation sites is 1. The van der Waals surface area contributed by atoms with E-state index in [1.165, 1.54) is 39.5 Å². The lowest BCUT2D eigenvalue weighted by molar-refractivity contribution is -0.0259. The van der Waals surface area contributed by atoms with Crippen molar-refractivity contribution in [3.8, 4) is 11.5 Å². The summed E-state index contributed by atoms with van der Waals surface area (Å²) >= 11 is 0. The second-order valence-electron chi connectivity index (χ2n) is 5.71. The zero-order chi connectivity index (χ0) is 20.7. The maximum atomic E-state index is 12.5. The molecule has 0 aliphatic heterocycles. The standard InChI is InChI=1S/C19H23NO7S/c1-14-7-5-6-8-16(14)26-11-12-27-19(21)15-9-10-17(24-3)18(13-15)28(22,23)20(2)25-4/h5-10,13H,11-12H2,1-4H3. The van der Waals surface area contributed by atoms with Gasteiger partial charge in [0.15, 0.2) is 0 Å². The van der Waals surface area contributed by atoms with Crippen LogP contribution in [0.5, 0.6) is 11.5 Å². The fourth-order valence-corrected chi connectivity index (χ4v) is 3.48. The van der Waals surface area contributed by atoms with Crippen LogP contribution in [0.25, 0.3) is 0 Å². The molecule has 0 radical (unpaired) electrons. The van der Waals surface area contributed by atoms with Gasteiger partial charge in [0, 0.05) is 7.05 Å². The number of hydroxylamine groups is 1. The Morgan fingerprint density at radius 3 is 2.39 bits per heavy atom. The molecule has 0 heterocycles. The summed E-state index contributed by atoms with van der Waals surface area (Å²) in [6, 6.07) is 11.5. The van der Waals surface area contributed by atoms with Crippen molar-refractivity contribution < 1.29 is 32.3 Å². The molecule has 0 saturated heterocycles. The van der Waals surface area contributed by atoms with E-state index < -0.39 is 16.0 Å². The van der Waals surface area contributed by atoms with Gasteiger partial charge in [-0.2, -0.15) is 0 Å². The number of nitrogens with zero attached hydrogens (tertiary/aromatic N) is 1. The lowest BCUT2D eigenvalue weighted by Gasteiger charge is -2.17. The van der Waals surface area contributed by atoms with Crippen molar-refractivity contribution in [2.45, 2.75) is 11.8 Å². The molecule has 152 valence electrons. The predicted molar refractivity (Wildman–Crippen MR) is 102 cm³/mol. The van der Waals surface area contributed by atoms with E-state index in [1.54, 1.807) is 0 Å². The Morgan fingerprint density at radius 2 is 1.75 bits per heavy atom. The number of hydrogen-bond acceptors (Lipinski definition) is 7. The first-order valence-electron chi connectivity index (χ1n) is 8.38. The molecule has 0 aliphatic carbocycles. The topological polar surface area (TPSA) is 91.4 Å². The van der Waals surface area contributed by atoms with Gasteiger partial charge in [-0.15, -0.1) is 0 Å². The molecule has 8 nitrogen and oxygen atoms in total. The largest absolute Gasteiger partial charge is 0.495 e. The highest BCUT2D eigenvalue weighted by atomic mass is 32.2. The van der Waals surface area contributed by atoms with Crippen LogP contribution in [0.4, 0.5) is 0 Å². The first-order valence-corrected chi connectivity index (χ1v) is 9.82. The Balaban J connectivity index is 2.07. The number of hydrogen-bond donors (Lipinski definition) is 0. The monoisotopic (exact) mass is 409 g/mol. The van der Waals surface area contributed by atoms with Crippen LogP contribution in [0.3, 0.4) is 0 Å². The van der Waals surface area contributed by atoms with Gasteiger partial charge in [-0.1, -0.05) is 22.7 Å². The number of aryl methyl sites for hydroxylation is 1. The lowest BCUT2D eigenvalue weighted by Crippen LogP contribution is -2.26. The van der Waals surface area contributed by atoms with E-state index in [0.29, 0.717) is 10.2 Å². The van der Waals surface area contributed by atoms with Crippen molar-refractivity contribution >= 4 is 16.0 Å². The van der Waals surface area contributed by atoms with Crippen LogP contribution in [-0.4, -0.2) is 53.3 Å². The molecule has 0 bridgehead atoms. The molecule has 0 spiro atoms. The van der Waals surface area contributed by atoms with E-state index in [4.69, 9.17) is 19.0 Å². The average Bonchev–Trinajstić information content (AvgIpc) is 2.70. The second kappa shape index (κ2) is 9.54. The normalized spacial score (nSPS) is 11.3. The van der Waals surface area contributed by atoms with E-state index >= 15 is 0 Å². The van der Waals surface area contributed by atoms with Crippen molar-refractivity contribution in [1.29, 1.82) is 0 Å². The zero-order valence-corrected chi connectivity index (χ0v) is 17.0. The highest BCUT2D eigenvalue weighted by Crippen LogP contribution is 2.27. The summed E-state index contributed by atoms with van der Waals surface area (Å²) in [5.74, 6) is 0.120. The van der Waals surface area contributed by atoms with Crippen LogP contribution in [0.2, 0.25) is 0 Å². The van der Waals surface area contributed by atoms with Gasteiger partial charge in [-0.25, -0.2) is 13.2 Å². The fourth-order valence-electron chi connectivity index (χ4n) is 2.33. The van der Waals surface area contributed by atoms with Crippen LogP contribution in [0.15, 0.2) is 47.4 Å². The Kier molecular flexibility index (Phi) is 7.38. The minimum atomic E-state index is -4.00. The van der Waals surface area contributed by atoms with Crippen LogP contribution in [0.1, 0.15) is 15.9 Å². The molecular formula is C19H23NO7S. The Labute approximate surface area is 164 Å². The van der Waals surface area contributed by atoms with E-state index in [-0.39, 0.29) is 29.4 Å². The van der Waals surface area contributed by atoms with Crippen molar-refractivity contribution in [1.82, 2.24) is 4.47 Å². The van der Waals surface area contributed by atoms with E-state index in [2.05, 4.69) is 0 Å². The van der Waals surface area contributed by atoms with Crippen LogP contribution in [-0.2, 0) is 19.6 Å². The number of sulfonamides is 1. The molecule has 0 amide bonds. The molecule has 2 aromatic carbocycles. The maximum Gasteiger partial charge on any atom is 0.338 e. The Hall–Kier alpha value is -2.62. The highest BCUT2D eigenvalue weighted by Gasteiger charge is 2.26. The Morgan fingerprint density at radius 1 is 1.04 bits per heavy atom. The first kappa shape index (κ1) is 21.7. The van der Waals surface area contributed by atoms with Gasteiger partial charge in [-0.3, -0.25) is 4.84 Å². The number of carbonyl (C=O) groups excluding carboxylic acids is 1. The molecule has 9 heteroatoms. The van der Waals surface area contributed by atoms with Gasteiger partial charge in [-0.05, 0) is 36.8 Å². The third-order valence-electron chi connectivity index (χ3n) is 3.94. The van der Waals surface area contributed by atoms with Crippen molar-refractivity contribution in [2.24, 2.45) is 0 Å². The number of benzene rings is 2. The minimum absolute atomic E-state index is 0.0131. The molecular weight excluding hydrogens is 386 g/mol. The average molecular weight is 409 g/mol. The van der Waals surface area contributed by atoms with Gasteiger partial charge >= 0.3 is 5.97 Å². The highest BCUT2D eigenvalue weighted by molar-refractivity contribution is 7.89. The summed E-state index contributed by atoms with van der Waals surface area (Å²) in [6.45, 7) is 2.10. The quantitative estimate of drug-likeness (QED) is 0.357. The van der Waals surface area contributed by atoms with Crippen LogP contribution < -0.4 is 9.47 Å². The Bertz CT molecular complexity index is 928. The molecule has 2 rings (SSSR count). The van der Waals surface area contributed by atoms with E-state index in [0.717, 1.165) is 5.56 Å². The molecule has 0 aromatic heterocycles. The number of methoxy groups -OCH3 is 1. The summed E-state index contributed by atoms with van der Waals surface area (Å²) in [5, 5.41) is 0. The van der Waals surface area contributed by atoms with Gasteiger partial charge in [0.2, 0.25) is 0 Å². The van der Waals surface area contributed by atoms with E-state index in [1.807, 2.05) is 31.2 Å². The van der Waals surface area contributed by atoms with Crippen molar-refractivity contribution in [3.63, 3.8) is 0 Å². The minimum Gasteiger partial charge on any atom is -0.495 e. The summed E-state index contributed by atoms with van der Waals surface area (Å²) in [6.07, 6.45) is 0. The third-order valence-corrected chi connectivity index (χ3v) is 5.64. The molecule has 0 unspecified atom stereocenters. The predicted octanol–water partition coefficient (Wildman–Crippen LogP) is 2.42. The molecule has 0 aliphatic rings. The van der Waals surface area contributed by atoms with Gasteiger partial charge in [0.1, 0.15) is 29.6 Å². The summed E-state index contributed by atoms with van der Waals surface area (Å²) in [7, 11) is -0.207. The number of rotatable bonds is 9. The molecule has 0 atom stereocenters. The SMILES string of the molecule is COc1ccc(C(=O)OCCOc2ccccc2C)cc1S(=O)(=O)N(C)OC. The molecule has 2 aromatic rings. The molecule has 28 heavy (non-hydrogen) atoms. The number of ether oxygens (including phenoxy) is 3. The smallest absolute Gasteiger partial charge is 0.338 e. The molecule has 0 N–H and O–H groups in total. The third kappa shape index (κ3) is 5.00. The maximum absolute atomic E-state index is 12.5. The second-order valence-corrected chi connectivity index (χ2v) is 7.62. The summed E-state index contributed by atoms with van der Waals surface area (Å²) in [4.78, 5) is 16.8. The van der Waals surface area contributed by atoms with Gasteiger partial charge in [0.05, 0.1) is 19.8 Å². The molecule has 0 saturated carbocycles. The number of carbonyl (C=O) groups is 1. The zero-order valence-electron chi connectivity index (χ0n) is 16.2. The van der Waals surface area contributed by atoms with Crippen molar-refractivity contribution in [2.75, 3.05) is 34.5 Å². The fraction of sp³-hybridized carbons (Fsp3) is 0.316. The van der Waals surface area contributed by atoms with Crippen LogP contribution >= 0.6 is 0 Å². The van der Waals surface area contributed by atoms with Crippen molar-refractivity contribution in [3.05, 3.63) is 53.6 Å². The number of esters is 1.